The molecule has 37 heavy (non-hydrogen) atoms. The molecule has 198 valence electrons. The summed E-state index contributed by atoms with van der Waals surface area (Å²) in [4.78, 5) is 13.2. The van der Waals surface area contributed by atoms with Crippen molar-refractivity contribution in [3.63, 3.8) is 0 Å². The van der Waals surface area contributed by atoms with E-state index in [1.807, 2.05) is 19.9 Å². The summed E-state index contributed by atoms with van der Waals surface area (Å²) in [5.74, 6) is -0.635. The Hall–Kier alpha value is -3.57. The maximum atomic E-state index is 13.2. The van der Waals surface area contributed by atoms with Gasteiger partial charge in [-0.1, -0.05) is 11.6 Å². The number of aliphatic hydroxyl groups is 3. The fraction of sp³-hybridized carbons (Fsp3) is 0.370. The van der Waals surface area contributed by atoms with Crippen LogP contribution < -0.4 is 14.9 Å². The van der Waals surface area contributed by atoms with E-state index >= 15 is 0 Å². The topological polar surface area (TPSA) is 159 Å². The Morgan fingerprint density at radius 3 is 2.46 bits per heavy atom. The molecule has 1 aromatic heterocycles. The molecular formula is C27H30O10. The van der Waals surface area contributed by atoms with Crippen molar-refractivity contribution in [3.05, 3.63) is 57.8 Å². The van der Waals surface area contributed by atoms with Crippen LogP contribution in [-0.2, 0) is 11.2 Å². The molecule has 10 heteroatoms. The van der Waals surface area contributed by atoms with E-state index < -0.39 is 48.1 Å². The molecule has 5 N–H and O–H groups in total. The number of phenols is 1. The zero-order chi connectivity index (χ0) is 26.9. The highest BCUT2D eigenvalue weighted by atomic mass is 16.7. The Labute approximate surface area is 212 Å². The smallest absolute Gasteiger partial charge is 0.238 e. The highest BCUT2D eigenvalue weighted by Gasteiger charge is 2.38. The van der Waals surface area contributed by atoms with Crippen LogP contribution in [0.4, 0.5) is 0 Å². The number of phenolic OH excluding ortho intramolecular Hbond substituents is 1. The summed E-state index contributed by atoms with van der Waals surface area (Å²) in [7, 11) is 1.51. The molecule has 0 radical (unpaired) electrons. The maximum Gasteiger partial charge on any atom is 0.238 e. The molecule has 3 aromatic rings. The minimum absolute atomic E-state index is 0.00911. The van der Waals surface area contributed by atoms with Crippen molar-refractivity contribution in [3.8, 4) is 34.3 Å². The Balaban J connectivity index is 1.90. The van der Waals surface area contributed by atoms with Crippen LogP contribution in [0.25, 0.3) is 22.3 Å². The Morgan fingerprint density at radius 2 is 1.84 bits per heavy atom. The number of fused-ring (bicyclic) bond motifs is 1. The molecule has 4 atom stereocenters. The standard InChI is InChI=1S/C27H30O10/c1-13(2)4-9-16-20(35-27-19(31)10-17(29)21(12-28)36-27)11-18(30)22-23(32)24(33)25(37-26(16)22)14-5-7-15(34-3)8-6-14/h4-8,11,17,19,21,27-31,33H,9-10,12H2,1-3H3/t17?,19-,21?,27?/m0/s1. The molecular weight excluding hydrogens is 484 g/mol. The van der Waals surface area contributed by atoms with Gasteiger partial charge in [0.25, 0.3) is 0 Å². The van der Waals surface area contributed by atoms with E-state index in [0.717, 1.165) is 5.57 Å². The molecule has 0 bridgehead atoms. The first-order valence-electron chi connectivity index (χ1n) is 11.8. The molecule has 1 aliphatic heterocycles. The van der Waals surface area contributed by atoms with Gasteiger partial charge in [-0.25, -0.2) is 0 Å². The predicted octanol–water partition coefficient (Wildman–Crippen LogP) is 2.60. The lowest BCUT2D eigenvalue weighted by Gasteiger charge is -2.36. The highest BCUT2D eigenvalue weighted by molar-refractivity contribution is 5.91. The first-order valence-corrected chi connectivity index (χ1v) is 11.8. The molecule has 2 aromatic carbocycles. The molecule has 10 nitrogen and oxygen atoms in total. The van der Waals surface area contributed by atoms with Crippen LogP contribution in [-0.4, -0.2) is 63.9 Å². The summed E-state index contributed by atoms with van der Waals surface area (Å²) >= 11 is 0. The zero-order valence-electron chi connectivity index (χ0n) is 20.7. The Morgan fingerprint density at radius 1 is 1.14 bits per heavy atom. The number of aromatic hydroxyl groups is 2. The first-order chi connectivity index (χ1) is 17.6. The van der Waals surface area contributed by atoms with Gasteiger partial charge < -0.3 is 44.2 Å². The minimum Gasteiger partial charge on any atom is -0.507 e. The minimum atomic E-state index is -1.27. The molecule has 1 saturated heterocycles. The Bertz CT molecular complexity index is 1350. The van der Waals surface area contributed by atoms with E-state index in [9.17, 15) is 30.3 Å². The quantitative estimate of drug-likeness (QED) is 0.297. The van der Waals surface area contributed by atoms with Gasteiger partial charge in [-0.05, 0) is 44.5 Å². The summed E-state index contributed by atoms with van der Waals surface area (Å²) in [5, 5.41) is 51.1. The summed E-state index contributed by atoms with van der Waals surface area (Å²) in [6, 6.07) is 7.72. The molecule has 0 amide bonds. The number of benzene rings is 2. The van der Waals surface area contributed by atoms with Gasteiger partial charge in [0.05, 0.1) is 19.8 Å². The molecule has 3 unspecified atom stereocenters. The van der Waals surface area contributed by atoms with E-state index in [1.54, 1.807) is 24.3 Å². The third kappa shape index (κ3) is 5.28. The van der Waals surface area contributed by atoms with Crippen molar-refractivity contribution in [2.45, 2.75) is 51.3 Å². The van der Waals surface area contributed by atoms with E-state index in [2.05, 4.69) is 0 Å². The average molecular weight is 515 g/mol. The van der Waals surface area contributed by atoms with Crippen LogP contribution in [0.5, 0.6) is 23.0 Å². The second-order valence-electron chi connectivity index (χ2n) is 9.11. The second kappa shape index (κ2) is 10.8. The maximum absolute atomic E-state index is 13.2. The molecule has 0 aliphatic carbocycles. The summed E-state index contributed by atoms with van der Waals surface area (Å²) in [6.45, 7) is 3.28. The van der Waals surface area contributed by atoms with Gasteiger partial charge in [-0.15, -0.1) is 0 Å². The number of hydrogen-bond acceptors (Lipinski definition) is 10. The van der Waals surface area contributed by atoms with Crippen LogP contribution >= 0.6 is 0 Å². The largest absolute Gasteiger partial charge is 0.507 e. The van der Waals surface area contributed by atoms with Crippen LogP contribution in [0.15, 0.2) is 51.2 Å². The third-order valence-corrected chi connectivity index (χ3v) is 6.21. The fourth-order valence-electron chi connectivity index (χ4n) is 4.17. The number of aliphatic hydroxyl groups excluding tert-OH is 3. The van der Waals surface area contributed by atoms with Gasteiger partial charge in [0.1, 0.15) is 40.4 Å². The van der Waals surface area contributed by atoms with Crippen molar-refractivity contribution in [2.24, 2.45) is 0 Å². The summed E-state index contributed by atoms with van der Waals surface area (Å²) in [5.41, 5.74) is 0.892. The van der Waals surface area contributed by atoms with Gasteiger partial charge in [0, 0.05) is 23.6 Å². The van der Waals surface area contributed by atoms with Crippen molar-refractivity contribution < 1.29 is 44.2 Å². The lowest BCUT2D eigenvalue weighted by Crippen LogP contribution is -2.51. The molecule has 0 spiro atoms. The van der Waals surface area contributed by atoms with E-state index in [4.69, 9.17) is 18.6 Å². The zero-order valence-corrected chi connectivity index (χ0v) is 20.7. The second-order valence-corrected chi connectivity index (χ2v) is 9.11. The van der Waals surface area contributed by atoms with Crippen molar-refractivity contribution >= 4 is 11.0 Å². The molecule has 0 saturated carbocycles. The molecule has 1 aliphatic rings. The van der Waals surface area contributed by atoms with Gasteiger partial charge in [-0.2, -0.15) is 0 Å². The van der Waals surface area contributed by atoms with Crippen LogP contribution in [0, 0.1) is 0 Å². The predicted molar refractivity (Wildman–Crippen MR) is 134 cm³/mol. The van der Waals surface area contributed by atoms with Crippen LogP contribution in [0.2, 0.25) is 0 Å². The number of methoxy groups -OCH3 is 1. The number of rotatable bonds is 7. The SMILES string of the molecule is COc1ccc(-c2oc3c(CC=C(C)C)c(OC4OC(CO)C(O)C[C@@H]4O)cc(O)c3c(=O)c2O)cc1. The van der Waals surface area contributed by atoms with Gasteiger partial charge in [0.15, 0.2) is 5.76 Å². The van der Waals surface area contributed by atoms with E-state index in [-0.39, 0.29) is 35.3 Å². The van der Waals surface area contributed by atoms with Gasteiger partial charge in [-0.3, -0.25) is 4.79 Å². The normalized spacial score (nSPS) is 21.6. The van der Waals surface area contributed by atoms with Gasteiger partial charge >= 0.3 is 0 Å². The number of hydrogen-bond donors (Lipinski definition) is 5. The molecule has 1 fully saturated rings. The first kappa shape index (κ1) is 26.5. The monoisotopic (exact) mass is 514 g/mol. The number of allylic oxidation sites excluding steroid dienone is 2. The van der Waals surface area contributed by atoms with Crippen molar-refractivity contribution in [1.29, 1.82) is 0 Å². The third-order valence-electron chi connectivity index (χ3n) is 6.21. The lowest BCUT2D eigenvalue weighted by atomic mass is 10.0. The van der Waals surface area contributed by atoms with Crippen molar-refractivity contribution in [2.75, 3.05) is 13.7 Å². The van der Waals surface area contributed by atoms with Crippen molar-refractivity contribution in [1.82, 2.24) is 0 Å². The van der Waals surface area contributed by atoms with E-state index in [0.29, 0.717) is 16.9 Å². The summed E-state index contributed by atoms with van der Waals surface area (Å²) in [6.07, 6.45) is -2.57. The summed E-state index contributed by atoms with van der Waals surface area (Å²) < 4.78 is 22.7. The van der Waals surface area contributed by atoms with Crippen LogP contribution in [0.3, 0.4) is 0 Å². The van der Waals surface area contributed by atoms with Gasteiger partial charge in [0.2, 0.25) is 17.5 Å². The average Bonchev–Trinajstić information content (AvgIpc) is 2.87. The lowest BCUT2D eigenvalue weighted by molar-refractivity contribution is -0.240. The van der Waals surface area contributed by atoms with E-state index in [1.165, 1.54) is 13.2 Å². The number of ether oxygens (including phenoxy) is 3. The fourth-order valence-corrected chi connectivity index (χ4v) is 4.17. The molecule has 4 rings (SSSR count). The Kier molecular flexibility index (Phi) is 7.74. The highest BCUT2D eigenvalue weighted by Crippen LogP contribution is 2.40. The van der Waals surface area contributed by atoms with Crippen LogP contribution in [0.1, 0.15) is 25.8 Å². The molecule has 2 heterocycles.